The van der Waals surface area contributed by atoms with Gasteiger partial charge < -0.3 is 4.98 Å². The summed E-state index contributed by atoms with van der Waals surface area (Å²) in [5.74, 6) is -0.222. The number of carbonyl (C=O) groups excluding carboxylic acids is 1. The predicted octanol–water partition coefficient (Wildman–Crippen LogP) is 4.65. The van der Waals surface area contributed by atoms with Crippen LogP contribution in [0.2, 0.25) is 0 Å². The van der Waals surface area contributed by atoms with Crippen LogP contribution >= 0.6 is 0 Å². The summed E-state index contributed by atoms with van der Waals surface area (Å²) in [4.78, 5) is 19.4. The Morgan fingerprint density at radius 2 is 1.89 bits per heavy atom. The monoisotopic (exact) mass is 406 g/mol. The minimum atomic E-state index is -3.28. The lowest BCUT2D eigenvalue weighted by atomic mass is 9.87. The highest BCUT2D eigenvalue weighted by molar-refractivity contribution is 7.90. The van der Waals surface area contributed by atoms with Crippen molar-refractivity contribution in [1.82, 2.24) is 9.97 Å². The van der Waals surface area contributed by atoms with E-state index in [4.69, 9.17) is 0 Å². The number of hydrogen-bond acceptors (Lipinski definition) is 4. The van der Waals surface area contributed by atoms with E-state index < -0.39 is 15.8 Å². The summed E-state index contributed by atoms with van der Waals surface area (Å²) in [5.41, 5.74) is 0.753. The number of ketones is 1. The molecule has 1 fully saturated rings. The lowest BCUT2D eigenvalue weighted by Crippen LogP contribution is -2.10. The zero-order valence-corrected chi connectivity index (χ0v) is 17.2. The van der Waals surface area contributed by atoms with Crippen molar-refractivity contribution < 1.29 is 17.6 Å². The fourth-order valence-corrected chi connectivity index (χ4v) is 4.63. The third kappa shape index (κ3) is 4.69. The van der Waals surface area contributed by atoms with Crippen LogP contribution in [0.1, 0.15) is 79.7 Å². The number of hydrogen-bond donors (Lipinski definition) is 1. The topological polar surface area (TPSA) is 79.9 Å². The van der Waals surface area contributed by atoms with Crippen LogP contribution in [0.5, 0.6) is 0 Å². The number of sulfone groups is 1. The highest BCUT2D eigenvalue weighted by atomic mass is 32.2. The van der Waals surface area contributed by atoms with Gasteiger partial charge in [0.2, 0.25) is 5.95 Å². The van der Waals surface area contributed by atoms with Gasteiger partial charge in [-0.2, -0.15) is 4.39 Å². The van der Waals surface area contributed by atoms with Gasteiger partial charge >= 0.3 is 0 Å². The predicted molar refractivity (Wildman–Crippen MR) is 106 cm³/mol. The molecule has 0 aliphatic heterocycles. The first kappa shape index (κ1) is 20.7. The van der Waals surface area contributed by atoms with Crippen molar-refractivity contribution in [3.63, 3.8) is 0 Å². The first-order valence-corrected chi connectivity index (χ1v) is 11.8. The molecule has 1 saturated carbocycles. The molecular formula is C21H27FN2O3S. The number of aromatic amines is 1. The molecule has 0 bridgehead atoms. The average Bonchev–Trinajstić information content (AvgIpc) is 3.29. The molecule has 3 rings (SSSR count). The summed E-state index contributed by atoms with van der Waals surface area (Å²) >= 11 is 0. The van der Waals surface area contributed by atoms with Crippen LogP contribution in [0.4, 0.5) is 4.39 Å². The van der Waals surface area contributed by atoms with Crippen molar-refractivity contribution in [2.75, 3.05) is 6.26 Å². The van der Waals surface area contributed by atoms with Gasteiger partial charge in [-0.15, -0.1) is 0 Å². The first-order chi connectivity index (χ1) is 13.3. The van der Waals surface area contributed by atoms with Gasteiger partial charge in [-0.05, 0) is 36.5 Å². The number of H-pyrrole nitrogens is 1. The van der Waals surface area contributed by atoms with E-state index in [1.165, 1.54) is 19.1 Å². The molecule has 1 N–H and O–H groups in total. The van der Waals surface area contributed by atoms with Crippen LogP contribution < -0.4 is 0 Å². The second-order valence-corrected chi connectivity index (χ2v) is 9.75. The molecule has 0 amide bonds. The molecule has 2 aromatic rings. The number of aromatic nitrogens is 2. The average molecular weight is 407 g/mol. The molecule has 1 heterocycles. The SMILES string of the molecule is CCCC(=O)c1nc(C(CC2CCCC2)c2ccc(S(C)(=O)=O)cc2)[nH]c1F. The third-order valence-corrected chi connectivity index (χ3v) is 6.63. The van der Waals surface area contributed by atoms with Crippen LogP contribution in [-0.4, -0.2) is 30.4 Å². The minimum absolute atomic E-state index is 0.124. The van der Waals surface area contributed by atoms with Crippen molar-refractivity contribution in [3.05, 3.63) is 47.3 Å². The molecule has 7 heteroatoms. The summed E-state index contributed by atoms with van der Waals surface area (Å²) in [5, 5.41) is 0. The zero-order chi connectivity index (χ0) is 20.3. The van der Waals surface area contributed by atoms with Crippen molar-refractivity contribution in [3.8, 4) is 0 Å². The molecule has 1 unspecified atom stereocenters. The van der Waals surface area contributed by atoms with E-state index in [1.807, 2.05) is 6.92 Å². The maximum Gasteiger partial charge on any atom is 0.222 e. The number of halogens is 1. The van der Waals surface area contributed by atoms with Crippen LogP contribution in [-0.2, 0) is 9.84 Å². The second kappa shape index (κ2) is 8.55. The van der Waals surface area contributed by atoms with E-state index >= 15 is 0 Å². The number of nitrogens with zero attached hydrogens (tertiary/aromatic N) is 1. The van der Waals surface area contributed by atoms with Crippen molar-refractivity contribution >= 4 is 15.6 Å². The van der Waals surface area contributed by atoms with Crippen LogP contribution in [0.15, 0.2) is 29.2 Å². The summed E-state index contributed by atoms with van der Waals surface area (Å²) in [7, 11) is -3.28. The van der Waals surface area contributed by atoms with E-state index in [1.54, 1.807) is 24.3 Å². The molecule has 1 aliphatic carbocycles. The van der Waals surface area contributed by atoms with E-state index in [0.29, 0.717) is 18.2 Å². The number of Topliss-reactive ketones (excluding diaryl/α,β-unsaturated/α-hetero) is 1. The van der Waals surface area contributed by atoms with Gasteiger partial charge in [-0.25, -0.2) is 13.4 Å². The standard InChI is InChI=1S/C21H27FN2O3S/c1-3-6-18(25)19-20(22)24-21(23-19)17(13-14-7-4-5-8-14)15-9-11-16(12-10-15)28(2,26)27/h9-12,14,17H,3-8,13H2,1-2H3,(H,23,24). The van der Waals surface area contributed by atoms with Crippen LogP contribution in [0, 0.1) is 11.9 Å². The van der Waals surface area contributed by atoms with Gasteiger partial charge in [0, 0.05) is 18.6 Å². The molecule has 1 aliphatic rings. The number of rotatable bonds is 8. The number of carbonyl (C=O) groups is 1. The summed E-state index contributed by atoms with van der Waals surface area (Å²) in [6.07, 6.45) is 7.51. The highest BCUT2D eigenvalue weighted by Gasteiger charge is 2.27. The minimum Gasteiger partial charge on any atom is -0.318 e. The molecule has 152 valence electrons. The van der Waals surface area contributed by atoms with E-state index in [9.17, 15) is 17.6 Å². The summed E-state index contributed by atoms with van der Waals surface area (Å²) in [6.45, 7) is 1.87. The van der Waals surface area contributed by atoms with Gasteiger partial charge in [-0.3, -0.25) is 4.79 Å². The largest absolute Gasteiger partial charge is 0.318 e. The Kier molecular flexibility index (Phi) is 6.33. The third-order valence-electron chi connectivity index (χ3n) is 5.50. The lowest BCUT2D eigenvalue weighted by molar-refractivity contribution is 0.0973. The highest BCUT2D eigenvalue weighted by Crippen LogP contribution is 2.37. The van der Waals surface area contributed by atoms with E-state index in [-0.39, 0.29) is 28.7 Å². The smallest absolute Gasteiger partial charge is 0.222 e. The summed E-state index contributed by atoms with van der Waals surface area (Å²) < 4.78 is 37.9. The van der Waals surface area contributed by atoms with Gasteiger partial charge in [0.1, 0.15) is 5.82 Å². The van der Waals surface area contributed by atoms with Crippen LogP contribution in [0.3, 0.4) is 0 Å². The Morgan fingerprint density at radius 3 is 2.46 bits per heavy atom. The fraction of sp³-hybridized carbons (Fsp3) is 0.524. The molecule has 28 heavy (non-hydrogen) atoms. The zero-order valence-electron chi connectivity index (χ0n) is 16.4. The van der Waals surface area contributed by atoms with Gasteiger partial charge in [0.25, 0.3) is 0 Å². The maximum atomic E-state index is 14.4. The van der Waals surface area contributed by atoms with Crippen molar-refractivity contribution in [1.29, 1.82) is 0 Å². The quantitative estimate of drug-likeness (QED) is 0.647. The van der Waals surface area contributed by atoms with Gasteiger partial charge in [-0.1, -0.05) is 44.7 Å². The first-order valence-electron chi connectivity index (χ1n) is 9.88. The molecule has 1 aromatic carbocycles. The molecule has 0 saturated heterocycles. The van der Waals surface area contributed by atoms with Crippen molar-refractivity contribution in [2.45, 2.75) is 62.7 Å². The Labute approximate surface area is 165 Å². The van der Waals surface area contributed by atoms with E-state index in [2.05, 4.69) is 9.97 Å². The van der Waals surface area contributed by atoms with Gasteiger partial charge in [0.05, 0.1) is 4.90 Å². The molecule has 1 atom stereocenters. The Hall–Kier alpha value is -2.02. The molecular weight excluding hydrogens is 379 g/mol. The Balaban J connectivity index is 1.95. The lowest BCUT2D eigenvalue weighted by Gasteiger charge is -2.19. The maximum absolute atomic E-state index is 14.4. The fourth-order valence-electron chi connectivity index (χ4n) is 4.00. The van der Waals surface area contributed by atoms with Crippen LogP contribution in [0.25, 0.3) is 0 Å². The van der Waals surface area contributed by atoms with Gasteiger partial charge in [0.15, 0.2) is 21.3 Å². The summed E-state index contributed by atoms with van der Waals surface area (Å²) in [6, 6.07) is 6.69. The Morgan fingerprint density at radius 1 is 1.25 bits per heavy atom. The molecule has 0 radical (unpaired) electrons. The molecule has 5 nitrogen and oxygen atoms in total. The number of benzene rings is 1. The van der Waals surface area contributed by atoms with Crippen molar-refractivity contribution in [2.24, 2.45) is 5.92 Å². The number of nitrogens with one attached hydrogen (secondary N) is 1. The molecule has 1 aromatic heterocycles. The number of imidazole rings is 1. The molecule has 0 spiro atoms. The second-order valence-electron chi connectivity index (χ2n) is 7.74. The van der Waals surface area contributed by atoms with E-state index in [0.717, 1.165) is 24.8 Å². The normalized spacial score (nSPS) is 16.4. The Bertz CT molecular complexity index is 929.